The SMILES string of the molecule is Cc1ccccc1[C@@H](O)CNS(=O)(=O)N1CCC[C@@H](C)C1. The van der Waals surface area contributed by atoms with Gasteiger partial charge in [-0.15, -0.1) is 0 Å². The fraction of sp³-hybridized carbons (Fsp3) is 0.600. The molecular formula is C15H24N2O3S. The first-order chi connectivity index (χ1) is 9.90. The molecule has 0 bridgehead atoms. The average Bonchev–Trinajstić information content (AvgIpc) is 2.45. The molecule has 1 heterocycles. The maximum atomic E-state index is 12.3. The summed E-state index contributed by atoms with van der Waals surface area (Å²) in [5, 5.41) is 10.2. The van der Waals surface area contributed by atoms with Crippen LogP contribution in [0.4, 0.5) is 0 Å². The summed E-state index contributed by atoms with van der Waals surface area (Å²) in [6.45, 7) is 5.07. The standard InChI is InChI=1S/C15H24N2O3S/c1-12-6-5-9-17(11-12)21(19,20)16-10-15(18)14-8-4-3-7-13(14)2/h3-4,7-8,12,15-16,18H,5-6,9-11H2,1-2H3/t12-,15+/m1/s1. The Morgan fingerprint density at radius 1 is 1.43 bits per heavy atom. The van der Waals surface area contributed by atoms with Gasteiger partial charge in [-0.25, -0.2) is 0 Å². The fourth-order valence-electron chi connectivity index (χ4n) is 2.71. The van der Waals surface area contributed by atoms with E-state index in [0.717, 1.165) is 24.0 Å². The van der Waals surface area contributed by atoms with Crippen molar-refractivity contribution in [3.63, 3.8) is 0 Å². The van der Waals surface area contributed by atoms with Crippen LogP contribution in [0.5, 0.6) is 0 Å². The zero-order valence-corrected chi connectivity index (χ0v) is 13.4. The van der Waals surface area contributed by atoms with Crippen molar-refractivity contribution in [2.45, 2.75) is 32.8 Å². The lowest BCUT2D eigenvalue weighted by Crippen LogP contribution is -2.46. The topological polar surface area (TPSA) is 69.6 Å². The summed E-state index contributed by atoms with van der Waals surface area (Å²) in [7, 11) is -3.51. The lowest BCUT2D eigenvalue weighted by Gasteiger charge is -2.30. The van der Waals surface area contributed by atoms with Gasteiger partial charge < -0.3 is 5.11 Å². The minimum atomic E-state index is -3.51. The predicted molar refractivity (Wildman–Crippen MR) is 83.0 cm³/mol. The highest BCUT2D eigenvalue weighted by Crippen LogP contribution is 2.19. The van der Waals surface area contributed by atoms with E-state index >= 15 is 0 Å². The van der Waals surface area contributed by atoms with Crippen molar-refractivity contribution in [1.82, 2.24) is 9.03 Å². The quantitative estimate of drug-likeness (QED) is 0.867. The predicted octanol–water partition coefficient (Wildman–Crippen LogP) is 1.59. The number of hydrogen-bond acceptors (Lipinski definition) is 3. The second-order valence-electron chi connectivity index (χ2n) is 5.83. The molecule has 0 aromatic heterocycles. The molecule has 0 amide bonds. The van der Waals surface area contributed by atoms with Gasteiger partial charge in [-0.05, 0) is 36.8 Å². The number of aryl methyl sites for hydroxylation is 1. The number of rotatable bonds is 5. The van der Waals surface area contributed by atoms with Crippen LogP contribution in [0, 0.1) is 12.8 Å². The van der Waals surface area contributed by atoms with E-state index in [-0.39, 0.29) is 6.54 Å². The van der Waals surface area contributed by atoms with Crippen LogP contribution in [0.1, 0.15) is 37.0 Å². The van der Waals surface area contributed by atoms with E-state index < -0.39 is 16.3 Å². The van der Waals surface area contributed by atoms with E-state index in [9.17, 15) is 13.5 Å². The van der Waals surface area contributed by atoms with Crippen molar-refractivity contribution in [2.24, 2.45) is 5.92 Å². The van der Waals surface area contributed by atoms with Crippen molar-refractivity contribution >= 4 is 10.2 Å². The highest BCUT2D eigenvalue weighted by Gasteiger charge is 2.27. The lowest BCUT2D eigenvalue weighted by atomic mass is 10.0. The largest absolute Gasteiger partial charge is 0.387 e. The summed E-state index contributed by atoms with van der Waals surface area (Å²) in [6.07, 6.45) is 1.13. The Morgan fingerprint density at radius 2 is 2.14 bits per heavy atom. The first-order valence-corrected chi connectivity index (χ1v) is 8.82. The molecule has 2 rings (SSSR count). The number of aliphatic hydroxyl groups excluding tert-OH is 1. The molecule has 6 heteroatoms. The molecule has 1 saturated heterocycles. The van der Waals surface area contributed by atoms with Gasteiger partial charge in [0.2, 0.25) is 0 Å². The number of benzene rings is 1. The minimum Gasteiger partial charge on any atom is -0.387 e. The summed E-state index contributed by atoms with van der Waals surface area (Å²) < 4.78 is 28.5. The molecule has 5 nitrogen and oxygen atoms in total. The van der Waals surface area contributed by atoms with Crippen LogP contribution < -0.4 is 4.72 Å². The highest BCUT2D eigenvalue weighted by atomic mass is 32.2. The first-order valence-electron chi connectivity index (χ1n) is 7.38. The Kier molecular flexibility index (Phi) is 5.37. The molecule has 2 N–H and O–H groups in total. The third-order valence-electron chi connectivity index (χ3n) is 3.97. The molecule has 0 radical (unpaired) electrons. The second kappa shape index (κ2) is 6.87. The molecule has 2 atom stereocenters. The zero-order valence-electron chi connectivity index (χ0n) is 12.6. The van der Waals surface area contributed by atoms with Gasteiger partial charge in [0.25, 0.3) is 10.2 Å². The van der Waals surface area contributed by atoms with Gasteiger partial charge in [0.1, 0.15) is 0 Å². The molecule has 0 spiro atoms. The van der Waals surface area contributed by atoms with Crippen LogP contribution in [-0.2, 0) is 10.2 Å². The van der Waals surface area contributed by atoms with Crippen LogP contribution >= 0.6 is 0 Å². The van der Waals surface area contributed by atoms with Gasteiger partial charge in [-0.1, -0.05) is 31.2 Å². The monoisotopic (exact) mass is 312 g/mol. The Labute approximate surface area is 127 Å². The van der Waals surface area contributed by atoms with Crippen LogP contribution in [0.15, 0.2) is 24.3 Å². The smallest absolute Gasteiger partial charge is 0.279 e. The summed E-state index contributed by atoms with van der Waals surface area (Å²) >= 11 is 0. The number of nitrogens with zero attached hydrogens (tertiary/aromatic N) is 1. The van der Waals surface area contributed by atoms with Crippen LogP contribution in [0.3, 0.4) is 0 Å². The van der Waals surface area contributed by atoms with E-state index in [0.29, 0.717) is 19.0 Å². The van der Waals surface area contributed by atoms with Crippen molar-refractivity contribution < 1.29 is 13.5 Å². The molecular weight excluding hydrogens is 288 g/mol. The van der Waals surface area contributed by atoms with Gasteiger partial charge in [0.15, 0.2) is 0 Å². The zero-order chi connectivity index (χ0) is 15.5. The molecule has 1 aliphatic rings. The van der Waals surface area contributed by atoms with E-state index in [4.69, 9.17) is 0 Å². The third-order valence-corrected chi connectivity index (χ3v) is 5.51. The second-order valence-corrected chi connectivity index (χ2v) is 7.59. The molecule has 1 fully saturated rings. The fourth-order valence-corrected chi connectivity index (χ4v) is 4.08. The maximum absolute atomic E-state index is 12.3. The summed E-state index contributed by atoms with van der Waals surface area (Å²) in [4.78, 5) is 0. The van der Waals surface area contributed by atoms with E-state index in [1.54, 1.807) is 0 Å². The number of nitrogens with one attached hydrogen (secondary N) is 1. The van der Waals surface area contributed by atoms with Gasteiger partial charge in [-0.2, -0.15) is 17.4 Å². The summed E-state index contributed by atoms with van der Waals surface area (Å²) in [5.41, 5.74) is 1.71. The summed E-state index contributed by atoms with van der Waals surface area (Å²) in [5.74, 6) is 0.386. The van der Waals surface area contributed by atoms with Crippen LogP contribution in [0.2, 0.25) is 0 Å². The molecule has 0 aliphatic carbocycles. The van der Waals surface area contributed by atoms with Crippen molar-refractivity contribution in [2.75, 3.05) is 19.6 Å². The Bertz CT molecular complexity index is 574. The average molecular weight is 312 g/mol. The minimum absolute atomic E-state index is 0.00192. The lowest BCUT2D eigenvalue weighted by molar-refractivity contribution is 0.179. The first kappa shape index (κ1) is 16.4. The summed E-state index contributed by atoms with van der Waals surface area (Å²) in [6, 6.07) is 7.45. The Morgan fingerprint density at radius 3 is 2.81 bits per heavy atom. The number of aliphatic hydroxyl groups is 1. The van der Waals surface area contributed by atoms with E-state index in [1.165, 1.54) is 4.31 Å². The van der Waals surface area contributed by atoms with E-state index in [1.807, 2.05) is 31.2 Å². The van der Waals surface area contributed by atoms with Crippen LogP contribution in [0.25, 0.3) is 0 Å². The molecule has 0 unspecified atom stereocenters. The Hall–Kier alpha value is -0.950. The molecule has 1 aliphatic heterocycles. The van der Waals surface area contributed by atoms with Gasteiger partial charge in [-0.3, -0.25) is 0 Å². The normalized spacial score (nSPS) is 22.1. The molecule has 0 saturated carbocycles. The van der Waals surface area contributed by atoms with Crippen LogP contribution in [-0.4, -0.2) is 37.5 Å². The molecule has 118 valence electrons. The van der Waals surface area contributed by atoms with Crippen molar-refractivity contribution in [1.29, 1.82) is 0 Å². The third kappa shape index (κ3) is 4.26. The maximum Gasteiger partial charge on any atom is 0.279 e. The molecule has 1 aromatic carbocycles. The highest BCUT2D eigenvalue weighted by molar-refractivity contribution is 7.87. The van der Waals surface area contributed by atoms with Crippen molar-refractivity contribution in [3.8, 4) is 0 Å². The Balaban J connectivity index is 1.97. The number of hydrogen-bond donors (Lipinski definition) is 2. The number of piperidine rings is 1. The van der Waals surface area contributed by atoms with Gasteiger partial charge in [0, 0.05) is 19.6 Å². The molecule has 1 aromatic rings. The van der Waals surface area contributed by atoms with Gasteiger partial charge >= 0.3 is 0 Å². The van der Waals surface area contributed by atoms with E-state index in [2.05, 4.69) is 11.6 Å². The van der Waals surface area contributed by atoms with Gasteiger partial charge in [0.05, 0.1) is 6.10 Å². The molecule has 21 heavy (non-hydrogen) atoms. The van der Waals surface area contributed by atoms with Crippen molar-refractivity contribution in [3.05, 3.63) is 35.4 Å².